The molecule has 0 saturated carbocycles. The number of carbonyl (C=O) groups excluding carboxylic acids is 2. The molecule has 1 N–H and O–H groups in total. The Labute approximate surface area is 78.6 Å². The number of ether oxygens (including phenoxy) is 1. The van der Waals surface area contributed by atoms with E-state index in [4.69, 9.17) is 0 Å². The van der Waals surface area contributed by atoms with E-state index in [0.29, 0.717) is 6.42 Å². The molecule has 0 bridgehead atoms. The molecule has 1 amide bonds. The molecule has 0 aliphatic carbocycles. The second kappa shape index (κ2) is 5.56. The van der Waals surface area contributed by atoms with E-state index in [0.717, 1.165) is 0 Å². The van der Waals surface area contributed by atoms with Crippen LogP contribution in [0.5, 0.6) is 0 Å². The van der Waals surface area contributed by atoms with Gasteiger partial charge in [0.15, 0.2) is 0 Å². The number of carbonyl (C=O) groups is 2. The number of nitrogens with one attached hydrogen (secondary N) is 1. The average molecular weight is 187 g/mol. The van der Waals surface area contributed by atoms with Crippen LogP contribution in [-0.4, -0.2) is 25.0 Å². The molecule has 0 aliphatic rings. The van der Waals surface area contributed by atoms with Gasteiger partial charge in [-0.15, -0.1) is 0 Å². The van der Waals surface area contributed by atoms with E-state index >= 15 is 0 Å². The van der Waals surface area contributed by atoms with E-state index in [9.17, 15) is 9.59 Å². The number of hydrogen-bond acceptors (Lipinski definition) is 3. The monoisotopic (exact) mass is 187 g/mol. The van der Waals surface area contributed by atoms with Crippen molar-refractivity contribution in [2.24, 2.45) is 5.92 Å². The Morgan fingerprint density at radius 2 is 1.92 bits per heavy atom. The maximum absolute atomic E-state index is 11.2. The lowest BCUT2D eigenvalue weighted by Crippen LogP contribution is -2.42. The van der Waals surface area contributed by atoms with Gasteiger partial charge in [0.2, 0.25) is 5.91 Å². The summed E-state index contributed by atoms with van der Waals surface area (Å²) in [6.45, 7) is 5.38. The van der Waals surface area contributed by atoms with Crippen molar-refractivity contribution in [3.63, 3.8) is 0 Å². The van der Waals surface area contributed by atoms with Crippen molar-refractivity contribution in [3.05, 3.63) is 0 Å². The third kappa shape index (κ3) is 3.92. The number of rotatable bonds is 4. The maximum Gasteiger partial charge on any atom is 0.328 e. The summed E-state index contributed by atoms with van der Waals surface area (Å²) >= 11 is 0. The van der Waals surface area contributed by atoms with E-state index < -0.39 is 12.0 Å². The molecular formula is C9H17NO3. The third-order valence-electron chi connectivity index (χ3n) is 1.73. The second-order valence-electron chi connectivity index (χ2n) is 3.15. The smallest absolute Gasteiger partial charge is 0.328 e. The Balaban J connectivity index is 4.13. The third-order valence-corrected chi connectivity index (χ3v) is 1.73. The van der Waals surface area contributed by atoms with Crippen LogP contribution in [-0.2, 0) is 14.3 Å². The number of hydrogen-bond donors (Lipinski definition) is 1. The van der Waals surface area contributed by atoms with Gasteiger partial charge in [0, 0.05) is 5.92 Å². The minimum atomic E-state index is -0.514. The predicted octanol–water partition coefficient (Wildman–Crippen LogP) is 0.710. The average Bonchev–Trinajstić information content (AvgIpc) is 2.12. The van der Waals surface area contributed by atoms with Gasteiger partial charge in [0.25, 0.3) is 0 Å². The first-order chi connectivity index (χ1) is 6.02. The SMILES string of the molecule is CC[C@H](NC(=O)C(C)C)C(=O)OC. The highest BCUT2D eigenvalue weighted by Gasteiger charge is 2.20. The first-order valence-corrected chi connectivity index (χ1v) is 4.41. The Kier molecular flexibility index (Phi) is 5.11. The van der Waals surface area contributed by atoms with Crippen LogP contribution in [0.4, 0.5) is 0 Å². The predicted molar refractivity (Wildman–Crippen MR) is 49.1 cm³/mol. The van der Waals surface area contributed by atoms with Gasteiger partial charge in [0.05, 0.1) is 7.11 Å². The van der Waals surface area contributed by atoms with Crippen LogP contribution >= 0.6 is 0 Å². The Bertz CT molecular complexity index is 189. The van der Waals surface area contributed by atoms with E-state index in [2.05, 4.69) is 10.1 Å². The zero-order valence-corrected chi connectivity index (χ0v) is 8.59. The van der Waals surface area contributed by atoms with Crippen LogP contribution < -0.4 is 5.32 Å². The quantitative estimate of drug-likeness (QED) is 0.659. The highest BCUT2D eigenvalue weighted by molar-refractivity contribution is 5.85. The van der Waals surface area contributed by atoms with E-state index in [-0.39, 0.29) is 11.8 Å². The molecule has 0 rings (SSSR count). The van der Waals surface area contributed by atoms with E-state index in [1.54, 1.807) is 13.8 Å². The summed E-state index contributed by atoms with van der Waals surface area (Å²) in [6.07, 6.45) is 0.547. The van der Waals surface area contributed by atoms with Gasteiger partial charge in [0.1, 0.15) is 6.04 Å². The lowest BCUT2D eigenvalue weighted by Gasteiger charge is -2.15. The number of amides is 1. The standard InChI is InChI=1S/C9H17NO3/c1-5-7(9(12)13-4)10-8(11)6(2)3/h6-7H,5H2,1-4H3,(H,10,11)/t7-/m0/s1. The van der Waals surface area contributed by atoms with Crippen molar-refractivity contribution in [1.29, 1.82) is 0 Å². The van der Waals surface area contributed by atoms with Crippen LogP contribution in [0.1, 0.15) is 27.2 Å². The fourth-order valence-electron chi connectivity index (χ4n) is 0.808. The lowest BCUT2D eigenvalue weighted by molar-refractivity contribution is -0.145. The van der Waals surface area contributed by atoms with Gasteiger partial charge >= 0.3 is 5.97 Å². The molecule has 0 spiro atoms. The van der Waals surface area contributed by atoms with E-state index in [1.807, 2.05) is 6.92 Å². The molecule has 1 atom stereocenters. The van der Waals surface area contributed by atoms with Crippen LogP contribution in [0.15, 0.2) is 0 Å². The Morgan fingerprint density at radius 1 is 1.38 bits per heavy atom. The Morgan fingerprint density at radius 3 is 2.23 bits per heavy atom. The Hall–Kier alpha value is -1.06. The van der Waals surface area contributed by atoms with Crippen molar-refractivity contribution >= 4 is 11.9 Å². The largest absolute Gasteiger partial charge is 0.467 e. The summed E-state index contributed by atoms with van der Waals surface area (Å²) in [4.78, 5) is 22.3. The van der Waals surface area contributed by atoms with Gasteiger partial charge < -0.3 is 10.1 Å². The van der Waals surface area contributed by atoms with Gasteiger partial charge in [-0.05, 0) is 6.42 Å². The summed E-state index contributed by atoms with van der Waals surface area (Å²) in [5.74, 6) is -0.632. The number of esters is 1. The van der Waals surface area contributed by atoms with Crippen molar-refractivity contribution < 1.29 is 14.3 Å². The summed E-state index contributed by atoms with van der Waals surface area (Å²) in [5.41, 5.74) is 0. The van der Waals surface area contributed by atoms with Gasteiger partial charge in [-0.1, -0.05) is 20.8 Å². The highest BCUT2D eigenvalue weighted by Crippen LogP contribution is 1.98. The van der Waals surface area contributed by atoms with Gasteiger partial charge in [-0.2, -0.15) is 0 Å². The highest BCUT2D eigenvalue weighted by atomic mass is 16.5. The van der Waals surface area contributed by atoms with Crippen LogP contribution in [0.25, 0.3) is 0 Å². The minimum absolute atomic E-state index is 0.112. The minimum Gasteiger partial charge on any atom is -0.467 e. The molecule has 0 unspecified atom stereocenters. The van der Waals surface area contributed by atoms with Crippen molar-refractivity contribution in [1.82, 2.24) is 5.32 Å². The van der Waals surface area contributed by atoms with Crippen LogP contribution in [0.3, 0.4) is 0 Å². The summed E-state index contributed by atoms with van der Waals surface area (Å²) in [5, 5.41) is 2.60. The summed E-state index contributed by atoms with van der Waals surface area (Å²) in [7, 11) is 1.31. The second-order valence-corrected chi connectivity index (χ2v) is 3.15. The molecule has 0 aromatic carbocycles. The van der Waals surface area contributed by atoms with Crippen LogP contribution in [0.2, 0.25) is 0 Å². The van der Waals surface area contributed by atoms with Crippen molar-refractivity contribution in [2.75, 3.05) is 7.11 Å². The zero-order chi connectivity index (χ0) is 10.4. The van der Waals surface area contributed by atoms with E-state index in [1.165, 1.54) is 7.11 Å². The van der Waals surface area contributed by atoms with Crippen molar-refractivity contribution in [2.45, 2.75) is 33.2 Å². The molecule has 0 heterocycles. The molecule has 0 radical (unpaired) electrons. The van der Waals surface area contributed by atoms with Gasteiger partial charge in [-0.3, -0.25) is 4.79 Å². The summed E-state index contributed by atoms with van der Waals surface area (Å²) < 4.78 is 4.53. The number of methoxy groups -OCH3 is 1. The topological polar surface area (TPSA) is 55.4 Å². The summed E-state index contributed by atoms with van der Waals surface area (Å²) in [6, 6.07) is -0.514. The lowest BCUT2D eigenvalue weighted by atomic mass is 10.1. The first kappa shape index (κ1) is 11.9. The molecule has 0 fully saturated rings. The molecular weight excluding hydrogens is 170 g/mol. The molecule has 13 heavy (non-hydrogen) atoms. The zero-order valence-electron chi connectivity index (χ0n) is 8.59. The molecule has 76 valence electrons. The first-order valence-electron chi connectivity index (χ1n) is 4.41. The maximum atomic E-state index is 11.2. The molecule has 0 aromatic heterocycles. The fourth-order valence-corrected chi connectivity index (χ4v) is 0.808. The molecule has 0 aromatic rings. The van der Waals surface area contributed by atoms with Gasteiger partial charge in [-0.25, -0.2) is 4.79 Å². The fraction of sp³-hybridized carbons (Fsp3) is 0.778. The molecule has 0 aliphatic heterocycles. The molecule has 4 nitrogen and oxygen atoms in total. The van der Waals surface area contributed by atoms with Crippen molar-refractivity contribution in [3.8, 4) is 0 Å². The van der Waals surface area contributed by atoms with Crippen LogP contribution in [0, 0.1) is 5.92 Å². The normalized spacial score (nSPS) is 12.4. The molecule has 0 saturated heterocycles. The molecule has 4 heteroatoms.